The highest BCUT2D eigenvalue weighted by Gasteiger charge is 2.35. The van der Waals surface area contributed by atoms with Gasteiger partial charge in [0.2, 0.25) is 0 Å². The Labute approximate surface area is 124 Å². The summed E-state index contributed by atoms with van der Waals surface area (Å²) in [7, 11) is 1.55. The van der Waals surface area contributed by atoms with E-state index in [4.69, 9.17) is 0 Å². The van der Waals surface area contributed by atoms with Crippen LogP contribution < -0.4 is 0 Å². The summed E-state index contributed by atoms with van der Waals surface area (Å²) in [5, 5.41) is 0. The summed E-state index contributed by atoms with van der Waals surface area (Å²) < 4.78 is 0. The van der Waals surface area contributed by atoms with E-state index in [0.29, 0.717) is 9.81 Å². The molecule has 0 aliphatic carbocycles. The van der Waals surface area contributed by atoms with Crippen LogP contribution in [0.3, 0.4) is 0 Å². The summed E-state index contributed by atoms with van der Waals surface area (Å²) >= 11 is 2.92. The Balaban J connectivity index is 2.33. The monoisotopic (exact) mass is 301 g/mol. The number of amides is 2. The van der Waals surface area contributed by atoms with Gasteiger partial charge in [-0.05, 0) is 18.4 Å². The predicted octanol–water partition coefficient (Wildman–Crippen LogP) is 3.65. The standard InChI is InChI=1S/C14H23NO2S2/c1-4-5-6-7-8-9-10-19-12-11(18-3)13(16)15(2)14(12)17/h4-10H2,1-3H3. The number of imide groups is 1. The average Bonchev–Trinajstić information content (AvgIpc) is 2.62. The van der Waals surface area contributed by atoms with Gasteiger partial charge in [-0.15, -0.1) is 23.5 Å². The Kier molecular flexibility index (Phi) is 7.61. The third-order valence-electron chi connectivity index (χ3n) is 3.15. The van der Waals surface area contributed by atoms with Crippen LogP contribution in [-0.4, -0.2) is 35.8 Å². The van der Waals surface area contributed by atoms with Crippen LogP contribution in [0.25, 0.3) is 0 Å². The molecule has 0 spiro atoms. The van der Waals surface area contributed by atoms with Crippen LogP contribution in [0.4, 0.5) is 0 Å². The van der Waals surface area contributed by atoms with Crippen molar-refractivity contribution >= 4 is 35.3 Å². The number of unbranched alkanes of at least 4 members (excludes halogenated alkanes) is 5. The molecule has 5 heteroatoms. The first-order chi connectivity index (χ1) is 9.13. The zero-order valence-electron chi connectivity index (χ0n) is 12.0. The first kappa shape index (κ1) is 16.6. The van der Waals surface area contributed by atoms with Crippen LogP contribution in [0.1, 0.15) is 45.4 Å². The number of carbonyl (C=O) groups is 2. The molecule has 1 aliphatic rings. The normalized spacial score (nSPS) is 15.8. The second-order valence-electron chi connectivity index (χ2n) is 4.65. The topological polar surface area (TPSA) is 37.4 Å². The maximum atomic E-state index is 11.9. The van der Waals surface area contributed by atoms with E-state index in [1.807, 2.05) is 6.26 Å². The fourth-order valence-corrected chi connectivity index (χ4v) is 4.00. The molecule has 1 heterocycles. The average molecular weight is 301 g/mol. The van der Waals surface area contributed by atoms with Gasteiger partial charge in [-0.1, -0.05) is 39.0 Å². The highest BCUT2D eigenvalue weighted by Crippen LogP contribution is 2.34. The molecule has 0 atom stereocenters. The molecule has 0 saturated heterocycles. The van der Waals surface area contributed by atoms with Gasteiger partial charge in [-0.2, -0.15) is 0 Å². The summed E-state index contributed by atoms with van der Waals surface area (Å²) in [6.45, 7) is 2.21. The van der Waals surface area contributed by atoms with Crippen LogP contribution in [0, 0.1) is 0 Å². The zero-order valence-corrected chi connectivity index (χ0v) is 13.7. The maximum Gasteiger partial charge on any atom is 0.268 e. The van der Waals surface area contributed by atoms with Crippen LogP contribution in [-0.2, 0) is 9.59 Å². The third kappa shape index (κ3) is 4.56. The number of thioether (sulfide) groups is 2. The van der Waals surface area contributed by atoms with Crippen LogP contribution >= 0.6 is 23.5 Å². The second kappa shape index (κ2) is 8.69. The van der Waals surface area contributed by atoms with Crippen molar-refractivity contribution in [1.29, 1.82) is 0 Å². The van der Waals surface area contributed by atoms with Crippen LogP contribution in [0.15, 0.2) is 9.81 Å². The highest BCUT2D eigenvalue weighted by atomic mass is 32.2. The Morgan fingerprint density at radius 2 is 1.53 bits per heavy atom. The molecule has 0 bridgehead atoms. The van der Waals surface area contributed by atoms with Gasteiger partial charge in [-0.3, -0.25) is 14.5 Å². The first-order valence-electron chi connectivity index (χ1n) is 6.86. The van der Waals surface area contributed by atoms with Gasteiger partial charge in [0.05, 0.1) is 9.81 Å². The Morgan fingerprint density at radius 3 is 2.16 bits per heavy atom. The van der Waals surface area contributed by atoms with E-state index in [1.165, 1.54) is 48.8 Å². The molecule has 0 aromatic carbocycles. The Morgan fingerprint density at radius 1 is 0.947 bits per heavy atom. The van der Waals surface area contributed by atoms with Crippen molar-refractivity contribution in [3.8, 4) is 0 Å². The van der Waals surface area contributed by atoms with E-state index < -0.39 is 0 Å². The highest BCUT2D eigenvalue weighted by molar-refractivity contribution is 8.07. The van der Waals surface area contributed by atoms with Crippen molar-refractivity contribution in [3.05, 3.63) is 9.81 Å². The van der Waals surface area contributed by atoms with E-state index in [-0.39, 0.29) is 11.8 Å². The molecule has 0 radical (unpaired) electrons. The van der Waals surface area contributed by atoms with Gasteiger partial charge in [0.25, 0.3) is 11.8 Å². The lowest BCUT2D eigenvalue weighted by Gasteiger charge is -2.06. The molecule has 19 heavy (non-hydrogen) atoms. The molecular formula is C14H23NO2S2. The lowest BCUT2D eigenvalue weighted by Crippen LogP contribution is -2.26. The minimum atomic E-state index is -0.150. The lowest BCUT2D eigenvalue weighted by atomic mass is 10.1. The molecule has 0 saturated carbocycles. The summed E-state index contributed by atoms with van der Waals surface area (Å²) in [5.74, 6) is 0.645. The fraction of sp³-hybridized carbons (Fsp3) is 0.714. The summed E-state index contributed by atoms with van der Waals surface area (Å²) in [4.78, 5) is 26.2. The van der Waals surface area contributed by atoms with Crippen molar-refractivity contribution in [1.82, 2.24) is 4.90 Å². The SMILES string of the molecule is CCCCCCCCSC1=C(SC)C(=O)N(C)C1=O. The molecule has 0 fully saturated rings. The van der Waals surface area contributed by atoms with Crippen LogP contribution in [0.5, 0.6) is 0 Å². The second-order valence-corrected chi connectivity index (χ2v) is 6.57. The van der Waals surface area contributed by atoms with Gasteiger partial charge >= 0.3 is 0 Å². The predicted molar refractivity (Wildman–Crippen MR) is 84.2 cm³/mol. The number of hydrogen-bond acceptors (Lipinski definition) is 4. The fourth-order valence-electron chi connectivity index (χ4n) is 1.96. The zero-order chi connectivity index (χ0) is 14.3. The largest absolute Gasteiger partial charge is 0.277 e. The minimum Gasteiger partial charge on any atom is -0.277 e. The maximum absolute atomic E-state index is 11.9. The number of nitrogens with zero attached hydrogens (tertiary/aromatic N) is 1. The molecule has 1 aliphatic heterocycles. The van der Waals surface area contributed by atoms with Gasteiger partial charge in [-0.25, -0.2) is 0 Å². The third-order valence-corrected chi connectivity index (χ3v) is 5.23. The molecule has 3 nitrogen and oxygen atoms in total. The summed E-state index contributed by atoms with van der Waals surface area (Å²) in [5.41, 5.74) is 0. The first-order valence-corrected chi connectivity index (χ1v) is 9.08. The molecule has 108 valence electrons. The Bertz CT molecular complexity index is 366. The van der Waals surface area contributed by atoms with Crippen molar-refractivity contribution in [2.75, 3.05) is 19.1 Å². The van der Waals surface area contributed by atoms with Crippen molar-refractivity contribution in [3.63, 3.8) is 0 Å². The number of likely N-dealkylation sites (N-methyl/N-ethyl adjacent to an activating group) is 1. The molecule has 1 rings (SSSR count). The molecule has 0 N–H and O–H groups in total. The van der Waals surface area contributed by atoms with E-state index in [1.54, 1.807) is 18.8 Å². The summed E-state index contributed by atoms with van der Waals surface area (Å²) in [6, 6.07) is 0. The minimum absolute atomic E-state index is 0.134. The van der Waals surface area contributed by atoms with Crippen molar-refractivity contribution in [2.45, 2.75) is 45.4 Å². The van der Waals surface area contributed by atoms with Crippen LogP contribution in [0.2, 0.25) is 0 Å². The lowest BCUT2D eigenvalue weighted by molar-refractivity contribution is -0.135. The number of carbonyl (C=O) groups excluding carboxylic acids is 2. The summed E-state index contributed by atoms with van der Waals surface area (Å²) in [6.07, 6.45) is 9.34. The smallest absolute Gasteiger partial charge is 0.268 e. The Hall–Kier alpha value is -0.420. The van der Waals surface area contributed by atoms with Gasteiger partial charge in [0, 0.05) is 7.05 Å². The van der Waals surface area contributed by atoms with Crippen molar-refractivity contribution in [2.24, 2.45) is 0 Å². The van der Waals surface area contributed by atoms with E-state index in [9.17, 15) is 9.59 Å². The molecular weight excluding hydrogens is 278 g/mol. The van der Waals surface area contributed by atoms with Gasteiger partial charge < -0.3 is 0 Å². The molecule has 2 amide bonds. The van der Waals surface area contributed by atoms with Gasteiger partial charge in [0.1, 0.15) is 0 Å². The van der Waals surface area contributed by atoms with Gasteiger partial charge in [0.15, 0.2) is 0 Å². The molecule has 0 aromatic heterocycles. The van der Waals surface area contributed by atoms with E-state index >= 15 is 0 Å². The molecule has 0 aromatic rings. The quantitative estimate of drug-likeness (QED) is 0.481. The number of hydrogen-bond donors (Lipinski definition) is 0. The van der Waals surface area contributed by atoms with Crippen molar-refractivity contribution < 1.29 is 9.59 Å². The van der Waals surface area contributed by atoms with E-state index in [0.717, 1.165) is 12.2 Å². The van der Waals surface area contributed by atoms with E-state index in [2.05, 4.69) is 6.92 Å². The number of rotatable bonds is 9. The molecule has 0 unspecified atom stereocenters.